The van der Waals surface area contributed by atoms with Crippen LogP contribution in [0.25, 0.3) is 0 Å². The maximum atomic E-state index is 13.6. The second-order valence-electron chi connectivity index (χ2n) is 5.07. The van der Waals surface area contributed by atoms with Crippen LogP contribution in [0.4, 0.5) is 8.78 Å². The van der Waals surface area contributed by atoms with E-state index in [1.54, 1.807) is 12.1 Å². The van der Waals surface area contributed by atoms with Gasteiger partial charge in [-0.3, -0.25) is 0 Å². The molecule has 0 aromatic heterocycles. The number of nitrogens with two attached hydrogens (primary N) is 1. The summed E-state index contributed by atoms with van der Waals surface area (Å²) in [5.74, 6) is -2.82. The Morgan fingerprint density at radius 2 is 1.69 bits per heavy atom. The molecule has 2 N–H and O–H groups in total. The highest BCUT2D eigenvalue weighted by Gasteiger charge is 2.31. The highest BCUT2D eigenvalue weighted by atomic mass is 19.3. The summed E-state index contributed by atoms with van der Waals surface area (Å²) < 4.78 is 27.3. The lowest BCUT2D eigenvalue weighted by Crippen LogP contribution is -2.20. The highest BCUT2D eigenvalue weighted by molar-refractivity contribution is 5.31. The molecule has 0 heterocycles. The van der Waals surface area contributed by atoms with Crippen LogP contribution in [0.3, 0.4) is 0 Å². The predicted molar refractivity (Wildman–Crippen MR) is 62.7 cm³/mol. The summed E-state index contributed by atoms with van der Waals surface area (Å²) in [5.41, 5.74) is 6.06. The molecule has 0 aliphatic heterocycles. The van der Waals surface area contributed by atoms with Crippen molar-refractivity contribution < 1.29 is 8.78 Å². The first-order chi connectivity index (χ1) is 7.27. The summed E-state index contributed by atoms with van der Waals surface area (Å²) in [6.45, 7) is 6.01. The molecule has 0 unspecified atom stereocenters. The van der Waals surface area contributed by atoms with Crippen molar-refractivity contribution in [1.29, 1.82) is 0 Å². The molecule has 0 bridgehead atoms. The Bertz CT molecular complexity index is 353. The Balaban J connectivity index is 3.08. The summed E-state index contributed by atoms with van der Waals surface area (Å²) in [6, 6.07) is 6.60. The van der Waals surface area contributed by atoms with E-state index in [2.05, 4.69) is 0 Å². The van der Waals surface area contributed by atoms with Crippen molar-refractivity contribution in [2.75, 3.05) is 6.54 Å². The molecule has 0 aliphatic carbocycles. The van der Waals surface area contributed by atoms with Gasteiger partial charge in [0.05, 0.1) is 0 Å². The first-order valence-corrected chi connectivity index (χ1v) is 5.46. The second-order valence-corrected chi connectivity index (χ2v) is 5.07. The molecule has 0 saturated carbocycles. The van der Waals surface area contributed by atoms with Crippen LogP contribution in [0.1, 0.15) is 38.3 Å². The van der Waals surface area contributed by atoms with Gasteiger partial charge in [0.15, 0.2) is 0 Å². The molecule has 16 heavy (non-hydrogen) atoms. The SMILES string of the molecule is CC(C)(C)c1cccc(C(F)(F)CCN)c1. The van der Waals surface area contributed by atoms with Crippen LogP contribution in [0.2, 0.25) is 0 Å². The molecule has 0 fully saturated rings. The Morgan fingerprint density at radius 3 is 2.19 bits per heavy atom. The molecular weight excluding hydrogens is 208 g/mol. The molecule has 0 aliphatic rings. The quantitative estimate of drug-likeness (QED) is 0.841. The minimum Gasteiger partial charge on any atom is -0.330 e. The van der Waals surface area contributed by atoms with Crippen molar-refractivity contribution in [2.45, 2.75) is 38.5 Å². The van der Waals surface area contributed by atoms with E-state index in [4.69, 9.17) is 5.73 Å². The van der Waals surface area contributed by atoms with Gasteiger partial charge >= 0.3 is 0 Å². The Kier molecular flexibility index (Phi) is 3.68. The van der Waals surface area contributed by atoms with E-state index in [9.17, 15) is 8.78 Å². The van der Waals surface area contributed by atoms with Gasteiger partial charge in [-0.1, -0.05) is 39.0 Å². The maximum Gasteiger partial charge on any atom is 0.274 e. The normalized spacial score (nSPS) is 12.9. The molecule has 0 atom stereocenters. The average Bonchev–Trinajstić information content (AvgIpc) is 2.16. The van der Waals surface area contributed by atoms with E-state index in [1.807, 2.05) is 26.8 Å². The number of halogens is 2. The standard InChI is InChI=1S/C13H19F2N/c1-12(2,3)10-5-4-6-11(9-10)13(14,15)7-8-16/h4-6,9H,7-8,16H2,1-3H3. The lowest BCUT2D eigenvalue weighted by atomic mass is 9.85. The van der Waals surface area contributed by atoms with Crippen molar-refractivity contribution in [3.8, 4) is 0 Å². The zero-order chi connectivity index (χ0) is 12.4. The molecule has 1 nitrogen and oxygen atoms in total. The van der Waals surface area contributed by atoms with Gasteiger partial charge in [0.25, 0.3) is 5.92 Å². The number of rotatable bonds is 3. The van der Waals surface area contributed by atoms with E-state index in [0.717, 1.165) is 5.56 Å². The van der Waals surface area contributed by atoms with Crippen LogP contribution in [0, 0.1) is 0 Å². The number of benzene rings is 1. The molecule has 1 aromatic rings. The van der Waals surface area contributed by atoms with Gasteiger partial charge in [-0.2, -0.15) is 0 Å². The number of hydrogen-bond acceptors (Lipinski definition) is 1. The van der Waals surface area contributed by atoms with Gasteiger partial charge in [-0.15, -0.1) is 0 Å². The molecular formula is C13H19F2N. The van der Waals surface area contributed by atoms with E-state index in [1.165, 1.54) is 6.07 Å². The molecule has 90 valence electrons. The highest BCUT2D eigenvalue weighted by Crippen LogP contribution is 2.33. The van der Waals surface area contributed by atoms with Gasteiger partial charge in [0.2, 0.25) is 0 Å². The molecule has 0 saturated heterocycles. The van der Waals surface area contributed by atoms with E-state index >= 15 is 0 Å². The van der Waals surface area contributed by atoms with E-state index in [-0.39, 0.29) is 23.9 Å². The van der Waals surface area contributed by atoms with Crippen molar-refractivity contribution in [3.63, 3.8) is 0 Å². The first kappa shape index (κ1) is 13.1. The van der Waals surface area contributed by atoms with E-state index < -0.39 is 5.92 Å². The molecule has 0 radical (unpaired) electrons. The third-order valence-electron chi connectivity index (χ3n) is 2.61. The summed E-state index contributed by atoms with van der Waals surface area (Å²) >= 11 is 0. The van der Waals surface area contributed by atoms with Gasteiger partial charge in [0, 0.05) is 12.0 Å². The van der Waals surface area contributed by atoms with Gasteiger partial charge in [-0.05, 0) is 23.6 Å². The van der Waals surface area contributed by atoms with Crippen molar-refractivity contribution in [3.05, 3.63) is 35.4 Å². The van der Waals surface area contributed by atoms with Gasteiger partial charge in [0.1, 0.15) is 0 Å². The van der Waals surface area contributed by atoms with Crippen LogP contribution in [0.5, 0.6) is 0 Å². The third-order valence-corrected chi connectivity index (χ3v) is 2.61. The minimum absolute atomic E-state index is 0.00720. The molecule has 1 aromatic carbocycles. The summed E-state index contributed by atoms with van der Waals surface area (Å²) in [5, 5.41) is 0. The molecule has 0 spiro atoms. The average molecular weight is 227 g/mol. The second kappa shape index (κ2) is 4.50. The number of hydrogen-bond donors (Lipinski definition) is 1. The van der Waals surface area contributed by atoms with Crippen LogP contribution >= 0.6 is 0 Å². The number of alkyl halides is 2. The topological polar surface area (TPSA) is 26.0 Å². The van der Waals surface area contributed by atoms with E-state index in [0.29, 0.717) is 0 Å². The summed E-state index contributed by atoms with van der Waals surface area (Å²) in [6.07, 6.45) is -0.305. The molecule has 3 heteroatoms. The molecule has 1 rings (SSSR count). The van der Waals surface area contributed by atoms with Crippen LogP contribution in [-0.2, 0) is 11.3 Å². The van der Waals surface area contributed by atoms with Crippen LogP contribution < -0.4 is 5.73 Å². The monoisotopic (exact) mass is 227 g/mol. The Morgan fingerprint density at radius 1 is 1.12 bits per heavy atom. The lowest BCUT2D eigenvalue weighted by molar-refractivity contribution is -0.0108. The lowest BCUT2D eigenvalue weighted by Gasteiger charge is -2.22. The minimum atomic E-state index is -2.82. The zero-order valence-corrected chi connectivity index (χ0v) is 10.1. The van der Waals surface area contributed by atoms with Crippen molar-refractivity contribution in [1.82, 2.24) is 0 Å². The predicted octanol–water partition coefficient (Wildman–Crippen LogP) is 3.42. The Hall–Kier alpha value is -0.960. The third kappa shape index (κ3) is 3.01. The summed E-state index contributed by atoms with van der Waals surface area (Å²) in [4.78, 5) is 0. The van der Waals surface area contributed by atoms with Gasteiger partial charge in [-0.25, -0.2) is 8.78 Å². The Labute approximate surface area is 95.7 Å². The largest absolute Gasteiger partial charge is 0.330 e. The summed E-state index contributed by atoms with van der Waals surface area (Å²) in [7, 11) is 0. The fraction of sp³-hybridized carbons (Fsp3) is 0.538. The maximum absolute atomic E-state index is 13.6. The van der Waals surface area contributed by atoms with Crippen molar-refractivity contribution >= 4 is 0 Å². The van der Waals surface area contributed by atoms with Crippen molar-refractivity contribution in [2.24, 2.45) is 5.73 Å². The zero-order valence-electron chi connectivity index (χ0n) is 10.1. The smallest absolute Gasteiger partial charge is 0.274 e. The molecule has 0 amide bonds. The van der Waals surface area contributed by atoms with Crippen LogP contribution in [-0.4, -0.2) is 6.54 Å². The fourth-order valence-electron chi connectivity index (χ4n) is 1.54. The van der Waals surface area contributed by atoms with Gasteiger partial charge < -0.3 is 5.73 Å². The first-order valence-electron chi connectivity index (χ1n) is 5.46. The fourth-order valence-corrected chi connectivity index (χ4v) is 1.54. The van der Waals surface area contributed by atoms with Crippen LogP contribution in [0.15, 0.2) is 24.3 Å².